The molecule has 1 saturated carbocycles. The zero-order chi connectivity index (χ0) is 27.5. The molecule has 2 N–H and O–H groups in total. The van der Waals surface area contributed by atoms with Gasteiger partial charge in [-0.25, -0.2) is 15.0 Å². The summed E-state index contributed by atoms with van der Waals surface area (Å²) in [7, 11) is -2.20. The third-order valence-corrected chi connectivity index (χ3v) is 9.66. The lowest BCUT2D eigenvalue weighted by Gasteiger charge is -2.23. The Hall–Kier alpha value is -3.49. The fourth-order valence-electron chi connectivity index (χ4n) is 5.41. The summed E-state index contributed by atoms with van der Waals surface area (Å²) in [5, 5.41) is 8.89. The molecule has 7 nitrogen and oxygen atoms in total. The van der Waals surface area contributed by atoms with Crippen LogP contribution >= 0.6 is 0 Å². The summed E-state index contributed by atoms with van der Waals surface area (Å²) in [4.78, 5) is 13.9. The van der Waals surface area contributed by atoms with Gasteiger partial charge < -0.3 is 15.4 Å². The molecular formula is C32H37N5O2S. The number of pyridine rings is 1. The number of piperidine rings is 1. The second-order valence-electron chi connectivity index (χ2n) is 11.2. The first-order valence-electron chi connectivity index (χ1n) is 14.2. The van der Waals surface area contributed by atoms with Crippen molar-refractivity contribution < 1.29 is 8.95 Å². The Labute approximate surface area is 236 Å². The summed E-state index contributed by atoms with van der Waals surface area (Å²) < 4.78 is 19.9. The quantitative estimate of drug-likeness (QED) is 0.233. The number of nitrogens with one attached hydrogen (secondary N) is 2. The third-order valence-electron chi connectivity index (χ3n) is 7.84. The van der Waals surface area contributed by atoms with Crippen LogP contribution in [-0.2, 0) is 15.3 Å². The average molecular weight is 556 g/mol. The van der Waals surface area contributed by atoms with Gasteiger partial charge in [0, 0.05) is 41.9 Å². The van der Waals surface area contributed by atoms with Crippen LogP contribution in [0.4, 0.5) is 5.95 Å². The van der Waals surface area contributed by atoms with Crippen LogP contribution in [0, 0.1) is 12.8 Å². The van der Waals surface area contributed by atoms with Gasteiger partial charge in [-0.3, -0.25) is 4.21 Å². The molecule has 3 heterocycles. The van der Waals surface area contributed by atoms with Crippen LogP contribution in [0.1, 0.15) is 43.2 Å². The van der Waals surface area contributed by atoms with Crippen molar-refractivity contribution in [2.24, 2.45) is 5.92 Å². The molecule has 2 aromatic heterocycles. The van der Waals surface area contributed by atoms with Crippen LogP contribution in [0.3, 0.4) is 0 Å². The monoisotopic (exact) mass is 555 g/mol. The van der Waals surface area contributed by atoms with E-state index in [1.54, 1.807) is 12.4 Å². The largest absolute Gasteiger partial charge is 0.437 e. The minimum absolute atomic E-state index is 0.308. The molecule has 0 bridgehead atoms. The van der Waals surface area contributed by atoms with Crippen molar-refractivity contribution in [1.82, 2.24) is 20.3 Å². The van der Waals surface area contributed by atoms with Crippen LogP contribution in [-0.4, -0.2) is 49.9 Å². The number of fused-ring (bicyclic) bond motifs is 1. The number of anilines is 1. The molecule has 0 amide bonds. The van der Waals surface area contributed by atoms with Gasteiger partial charge in [0.2, 0.25) is 11.8 Å². The van der Waals surface area contributed by atoms with Gasteiger partial charge in [-0.15, -0.1) is 0 Å². The van der Waals surface area contributed by atoms with E-state index in [1.165, 1.54) is 12.8 Å². The van der Waals surface area contributed by atoms with Gasteiger partial charge in [0.1, 0.15) is 5.75 Å². The second-order valence-corrected chi connectivity index (χ2v) is 13.8. The number of aromatic nitrogens is 3. The summed E-state index contributed by atoms with van der Waals surface area (Å²) in [5.74, 6) is 7.87. The maximum atomic E-state index is 13.4. The molecule has 0 radical (unpaired) electrons. The normalized spacial score (nSPS) is 18.8. The van der Waals surface area contributed by atoms with Crippen LogP contribution in [0.5, 0.6) is 11.6 Å². The van der Waals surface area contributed by atoms with Crippen molar-refractivity contribution in [3.8, 4) is 22.9 Å². The van der Waals surface area contributed by atoms with Crippen molar-refractivity contribution >= 4 is 32.1 Å². The van der Waals surface area contributed by atoms with E-state index in [0.29, 0.717) is 29.4 Å². The SMILES string of the molecule is C=S(=O)(CCC1CC1)Cc1cccc2c(Oc3ncccc3-c3ccnc(N[C@H]4CCCNC4)n3)c(C)ccc12. The lowest BCUT2D eigenvalue weighted by Crippen LogP contribution is -2.38. The molecule has 1 aliphatic carbocycles. The molecule has 40 heavy (non-hydrogen) atoms. The molecular weight excluding hydrogens is 518 g/mol. The zero-order valence-corrected chi connectivity index (χ0v) is 23.9. The Bertz CT molecular complexity index is 1610. The first kappa shape index (κ1) is 26.7. The summed E-state index contributed by atoms with van der Waals surface area (Å²) in [6.45, 7) is 4.00. The van der Waals surface area contributed by atoms with E-state index >= 15 is 0 Å². The molecule has 2 fully saturated rings. The lowest BCUT2D eigenvalue weighted by atomic mass is 10.0. The zero-order valence-electron chi connectivity index (χ0n) is 23.1. The van der Waals surface area contributed by atoms with Crippen molar-refractivity contribution in [3.63, 3.8) is 0 Å². The van der Waals surface area contributed by atoms with Gasteiger partial charge in [0.05, 0.1) is 11.3 Å². The Morgan fingerprint density at radius 3 is 2.77 bits per heavy atom. The molecule has 1 saturated heterocycles. The third kappa shape index (κ3) is 6.29. The van der Waals surface area contributed by atoms with E-state index in [4.69, 9.17) is 9.72 Å². The summed E-state index contributed by atoms with van der Waals surface area (Å²) in [6.07, 6.45) is 9.28. The van der Waals surface area contributed by atoms with Gasteiger partial charge in [0.25, 0.3) is 0 Å². The number of hydrogen-bond donors (Lipinski definition) is 2. The van der Waals surface area contributed by atoms with E-state index < -0.39 is 9.52 Å². The average Bonchev–Trinajstić information content (AvgIpc) is 3.79. The highest BCUT2D eigenvalue weighted by Crippen LogP contribution is 2.38. The Morgan fingerprint density at radius 2 is 1.95 bits per heavy atom. The van der Waals surface area contributed by atoms with Crippen molar-refractivity contribution in [2.45, 2.75) is 50.8 Å². The first-order valence-corrected chi connectivity index (χ1v) is 16.3. The molecule has 208 valence electrons. The fraction of sp³-hybridized carbons (Fsp3) is 0.375. The minimum Gasteiger partial charge on any atom is -0.437 e. The highest BCUT2D eigenvalue weighted by molar-refractivity contribution is 7.99. The van der Waals surface area contributed by atoms with Gasteiger partial charge >= 0.3 is 0 Å². The molecule has 6 rings (SSSR count). The summed E-state index contributed by atoms with van der Waals surface area (Å²) in [5.41, 5.74) is 3.59. The Kier molecular flexibility index (Phi) is 7.71. The maximum absolute atomic E-state index is 13.4. The second kappa shape index (κ2) is 11.6. The molecule has 8 heteroatoms. The van der Waals surface area contributed by atoms with Crippen LogP contribution in [0.2, 0.25) is 0 Å². The topological polar surface area (TPSA) is 89.0 Å². The molecule has 4 aromatic rings. The van der Waals surface area contributed by atoms with Gasteiger partial charge in [0.15, 0.2) is 0 Å². The van der Waals surface area contributed by atoms with Gasteiger partial charge in [-0.05, 0) is 88.8 Å². The number of benzene rings is 2. The van der Waals surface area contributed by atoms with E-state index in [-0.39, 0.29) is 0 Å². The molecule has 2 atom stereocenters. The van der Waals surface area contributed by atoms with Crippen molar-refractivity contribution in [2.75, 3.05) is 24.2 Å². The highest BCUT2D eigenvalue weighted by Gasteiger charge is 2.23. The number of ether oxygens (including phenoxy) is 1. The Balaban J connectivity index is 1.29. The Morgan fingerprint density at radius 1 is 1.05 bits per heavy atom. The molecule has 1 aliphatic heterocycles. The number of rotatable bonds is 10. The summed E-state index contributed by atoms with van der Waals surface area (Å²) >= 11 is 0. The van der Waals surface area contributed by atoms with E-state index in [0.717, 1.165) is 77.2 Å². The molecule has 0 spiro atoms. The number of hydrogen-bond acceptors (Lipinski definition) is 7. The van der Waals surface area contributed by atoms with Crippen molar-refractivity contribution in [1.29, 1.82) is 0 Å². The van der Waals surface area contributed by atoms with E-state index in [1.807, 2.05) is 31.2 Å². The minimum atomic E-state index is -2.20. The van der Waals surface area contributed by atoms with Gasteiger partial charge in [-0.2, -0.15) is 0 Å². The summed E-state index contributed by atoms with van der Waals surface area (Å²) in [6, 6.07) is 16.4. The van der Waals surface area contributed by atoms with Crippen molar-refractivity contribution in [3.05, 3.63) is 72.1 Å². The molecule has 2 aliphatic rings. The predicted octanol–water partition coefficient (Wildman–Crippen LogP) is 5.97. The smallest absolute Gasteiger partial charge is 0.228 e. The first-order chi connectivity index (χ1) is 19.4. The number of aryl methyl sites for hydroxylation is 1. The van der Waals surface area contributed by atoms with Crippen LogP contribution < -0.4 is 15.4 Å². The number of nitrogens with zero attached hydrogens (tertiary/aromatic N) is 3. The fourth-order valence-corrected chi connectivity index (χ4v) is 7.13. The molecule has 2 aromatic carbocycles. The van der Waals surface area contributed by atoms with E-state index in [9.17, 15) is 4.21 Å². The predicted molar refractivity (Wildman–Crippen MR) is 165 cm³/mol. The van der Waals surface area contributed by atoms with Gasteiger partial charge in [-0.1, -0.05) is 43.2 Å². The lowest BCUT2D eigenvalue weighted by molar-refractivity contribution is 0.466. The maximum Gasteiger partial charge on any atom is 0.228 e. The van der Waals surface area contributed by atoms with E-state index in [2.05, 4.69) is 50.7 Å². The van der Waals surface area contributed by atoms with Crippen LogP contribution in [0.15, 0.2) is 60.9 Å². The molecule has 1 unspecified atom stereocenters. The van der Waals surface area contributed by atoms with Crippen LogP contribution in [0.25, 0.3) is 22.0 Å². The highest BCUT2D eigenvalue weighted by atomic mass is 32.2. The standard InChI is InChI=1S/C32H37N5O2S/c1-22-10-13-26-24(21-40(2,38)19-15-23-11-12-23)6-3-8-27(26)30(22)39-31-28(9-5-17-34-31)29-14-18-35-32(37-29)36-25-7-4-16-33-20-25/h3,5-6,8-10,13-14,17-18,23,25,33H,2,4,7,11-12,15-16,19-21H2,1H3,(H,35,36,37)/t25-,40?/m0/s1.